The Kier molecular flexibility index (Phi) is 13.4. The molecule has 0 aliphatic heterocycles. The van der Waals surface area contributed by atoms with Gasteiger partial charge in [-0.2, -0.15) is 0 Å². The van der Waals surface area contributed by atoms with Gasteiger partial charge in [0.25, 0.3) is 0 Å². The summed E-state index contributed by atoms with van der Waals surface area (Å²) in [5.41, 5.74) is 0. The molecule has 82 valence electrons. The summed E-state index contributed by atoms with van der Waals surface area (Å²) in [6.45, 7) is 6.75. The van der Waals surface area contributed by atoms with Gasteiger partial charge in [-0.3, -0.25) is 4.57 Å². The minimum Gasteiger partial charge on any atom is -1.00 e. The maximum Gasteiger partial charge on any atom is 1.00 e. The van der Waals surface area contributed by atoms with Crippen molar-refractivity contribution in [2.75, 3.05) is 18.9 Å². The second-order valence-electron chi connectivity index (χ2n) is 3.34. The maximum absolute atomic E-state index is 11.8. The Bertz CT molecular complexity index is 160. The molecule has 4 heteroatoms. The van der Waals surface area contributed by atoms with Crippen LogP contribution < -0.4 is 29.6 Å². The third kappa shape index (κ3) is 8.49. The normalized spacial score (nSPS) is 11.1. The Morgan fingerprint density at radius 1 is 1.07 bits per heavy atom. The van der Waals surface area contributed by atoms with Crippen LogP contribution in [0.25, 0.3) is 0 Å². The molecule has 0 aromatic carbocycles. The van der Waals surface area contributed by atoms with Crippen molar-refractivity contribution in [3.05, 3.63) is 0 Å². The summed E-state index contributed by atoms with van der Waals surface area (Å²) in [5, 5.41) is 0. The molecule has 0 aromatic heterocycles. The predicted octanol–water partition coefficient (Wildman–Crippen LogP) is 1.02. The van der Waals surface area contributed by atoms with Crippen molar-refractivity contribution in [2.45, 2.75) is 46.5 Å². The number of hydrogen-bond acceptors (Lipinski definition) is 2. The first-order valence-electron chi connectivity index (χ1n) is 5.41. The van der Waals surface area contributed by atoms with Gasteiger partial charge in [0.15, 0.2) is 0 Å². The maximum atomic E-state index is 11.8. The van der Waals surface area contributed by atoms with Crippen LogP contribution in [0.2, 0.25) is 0 Å². The van der Waals surface area contributed by atoms with Crippen molar-refractivity contribution in [1.82, 2.24) is 0 Å². The molecule has 0 amide bonds. The van der Waals surface area contributed by atoms with Gasteiger partial charge in [-0.1, -0.05) is 40.0 Å². The van der Waals surface area contributed by atoms with Crippen LogP contribution in [0, 0.1) is 0 Å². The second kappa shape index (κ2) is 10.7. The van der Waals surface area contributed by atoms with Crippen molar-refractivity contribution < 1.29 is 40.1 Å². The molecule has 0 saturated heterocycles. The van der Waals surface area contributed by atoms with Crippen LogP contribution in [0.15, 0.2) is 0 Å². The number of hydrogen-bond donors (Lipinski definition) is 0. The molecule has 0 N–H and O–H groups in total. The Hall–Kier alpha value is 1.19. The summed E-state index contributed by atoms with van der Waals surface area (Å²) >= 11 is 0. The average molecular weight is 230 g/mol. The Balaban J connectivity index is -0.000000720. The molecule has 0 unspecified atom stereocenters. The average Bonchev–Trinajstić information content (AvgIpc) is 2.17. The van der Waals surface area contributed by atoms with Gasteiger partial charge in [0.1, 0.15) is 0 Å². The van der Waals surface area contributed by atoms with Gasteiger partial charge >= 0.3 is 29.6 Å². The summed E-state index contributed by atoms with van der Waals surface area (Å²) < 4.78 is 17.2. The van der Waals surface area contributed by atoms with Crippen molar-refractivity contribution in [3.63, 3.8) is 0 Å². The zero-order valence-electron chi connectivity index (χ0n) is 11.2. The fourth-order valence-corrected chi connectivity index (χ4v) is 2.44. The van der Waals surface area contributed by atoms with E-state index in [0.717, 1.165) is 6.42 Å². The summed E-state index contributed by atoms with van der Waals surface area (Å²) in [6.07, 6.45) is 6.10. The van der Waals surface area contributed by atoms with E-state index in [4.69, 9.17) is 4.52 Å². The summed E-state index contributed by atoms with van der Waals surface area (Å²) in [6, 6.07) is 0. The van der Waals surface area contributed by atoms with Crippen LogP contribution in [0.4, 0.5) is 0 Å². The van der Waals surface area contributed by atoms with Crippen molar-refractivity contribution >= 4 is 7.37 Å². The quantitative estimate of drug-likeness (QED) is 0.353. The monoisotopic (exact) mass is 230 g/mol. The molecule has 0 aliphatic rings. The van der Waals surface area contributed by atoms with E-state index in [9.17, 15) is 4.57 Å². The predicted molar refractivity (Wildman–Crippen MR) is 59.9 cm³/mol. The van der Waals surface area contributed by atoms with Gasteiger partial charge in [0.2, 0.25) is 7.37 Å². The third-order valence-corrected chi connectivity index (χ3v) is 4.87. The molecule has 0 heterocycles. The molecule has 0 bridgehead atoms. The molecule has 2 nitrogen and oxygen atoms in total. The van der Waals surface area contributed by atoms with Crippen molar-refractivity contribution in [2.24, 2.45) is 0 Å². The largest absolute Gasteiger partial charge is 1.00 e. The van der Waals surface area contributed by atoms with E-state index in [1.165, 1.54) is 19.3 Å². The third-order valence-electron chi connectivity index (χ3n) is 2.29. The van der Waals surface area contributed by atoms with Crippen LogP contribution in [0.3, 0.4) is 0 Å². The minimum atomic E-state index is -2.23. The minimum absolute atomic E-state index is 0. The van der Waals surface area contributed by atoms with E-state index < -0.39 is 7.37 Å². The summed E-state index contributed by atoms with van der Waals surface area (Å²) in [4.78, 5) is 0. The van der Waals surface area contributed by atoms with E-state index in [-0.39, 0.29) is 31.0 Å². The molecule has 0 aliphatic carbocycles. The standard InChI is InChI=1S/C10H23O2P.Na.H/c1-4-7-8-9-10-12-13(11,5-2)6-3;;/h4-10H2,1-3H3;;/q;+1;-1. The SMILES string of the molecule is CCCCCCOP(=O)(CC)CC.[H-].[Na+]. The molecule has 0 fully saturated rings. The van der Waals surface area contributed by atoms with Gasteiger partial charge in [0.05, 0.1) is 6.61 Å². The van der Waals surface area contributed by atoms with Crippen LogP contribution in [-0.2, 0) is 9.09 Å². The molecule has 0 radical (unpaired) electrons. The van der Waals surface area contributed by atoms with Crippen LogP contribution in [0.5, 0.6) is 0 Å². The molecule has 0 atom stereocenters. The molecule has 0 rings (SSSR count). The van der Waals surface area contributed by atoms with E-state index in [2.05, 4.69) is 6.92 Å². The van der Waals surface area contributed by atoms with E-state index in [1.807, 2.05) is 13.8 Å². The molecule has 14 heavy (non-hydrogen) atoms. The van der Waals surface area contributed by atoms with Gasteiger partial charge in [-0.05, 0) is 6.42 Å². The van der Waals surface area contributed by atoms with E-state index in [1.54, 1.807) is 0 Å². The van der Waals surface area contributed by atoms with E-state index >= 15 is 0 Å². The summed E-state index contributed by atoms with van der Waals surface area (Å²) in [5.74, 6) is 0. The zero-order chi connectivity index (χ0) is 10.2. The van der Waals surface area contributed by atoms with Crippen LogP contribution in [0.1, 0.15) is 47.9 Å². The fourth-order valence-electron chi connectivity index (χ4n) is 1.17. The number of unbranched alkanes of at least 4 members (excludes halogenated alkanes) is 3. The number of rotatable bonds is 8. The molecular formula is C10H24NaO2P. The zero-order valence-corrected chi connectivity index (χ0v) is 13.1. The Morgan fingerprint density at radius 3 is 2.07 bits per heavy atom. The van der Waals surface area contributed by atoms with E-state index in [0.29, 0.717) is 18.9 Å². The van der Waals surface area contributed by atoms with Gasteiger partial charge in [-0.25, -0.2) is 0 Å². The second-order valence-corrected chi connectivity index (χ2v) is 6.49. The van der Waals surface area contributed by atoms with Gasteiger partial charge in [-0.15, -0.1) is 0 Å². The molecule has 0 aromatic rings. The van der Waals surface area contributed by atoms with Crippen LogP contribution in [-0.4, -0.2) is 18.9 Å². The summed E-state index contributed by atoms with van der Waals surface area (Å²) in [7, 11) is -2.23. The Labute approximate surface area is 112 Å². The molecule has 0 saturated carbocycles. The first-order chi connectivity index (χ1) is 6.18. The Morgan fingerprint density at radius 2 is 1.64 bits per heavy atom. The van der Waals surface area contributed by atoms with Crippen molar-refractivity contribution in [3.8, 4) is 0 Å². The van der Waals surface area contributed by atoms with Gasteiger partial charge < -0.3 is 5.95 Å². The van der Waals surface area contributed by atoms with Gasteiger partial charge in [0, 0.05) is 12.3 Å². The first-order valence-corrected chi connectivity index (χ1v) is 7.40. The first kappa shape index (κ1) is 17.6. The molecular weight excluding hydrogens is 206 g/mol. The van der Waals surface area contributed by atoms with Crippen molar-refractivity contribution in [1.29, 1.82) is 0 Å². The topological polar surface area (TPSA) is 26.3 Å². The van der Waals surface area contributed by atoms with Crippen LogP contribution >= 0.6 is 7.37 Å². The molecule has 0 spiro atoms. The fraction of sp³-hybridized carbons (Fsp3) is 1.00. The smallest absolute Gasteiger partial charge is 1.00 e.